The third-order valence-electron chi connectivity index (χ3n) is 4.35. The number of imidazole rings is 1. The highest BCUT2D eigenvalue weighted by Crippen LogP contribution is 2.49. The van der Waals surface area contributed by atoms with Crippen molar-refractivity contribution in [1.29, 1.82) is 0 Å². The number of hydrogen-bond acceptors (Lipinski definition) is 3. The number of aldehydes is 1. The fourth-order valence-corrected chi connectivity index (χ4v) is 2.71. The smallest absolute Gasteiger partial charge is 0.170 e. The van der Waals surface area contributed by atoms with Gasteiger partial charge in [-0.3, -0.25) is 4.79 Å². The zero-order valence-electron chi connectivity index (χ0n) is 12.1. The predicted molar refractivity (Wildman–Crippen MR) is 80.4 cm³/mol. The topological polar surface area (TPSA) is 47.3 Å². The maximum absolute atomic E-state index is 13.1. The monoisotopic (exact) mass is 295 g/mol. The van der Waals surface area contributed by atoms with Crippen molar-refractivity contribution in [2.45, 2.75) is 25.2 Å². The molecular weight excluding hydrogens is 281 g/mol. The quantitative estimate of drug-likeness (QED) is 0.696. The summed E-state index contributed by atoms with van der Waals surface area (Å²) in [4.78, 5) is 15.4. The van der Waals surface area contributed by atoms with E-state index in [0.29, 0.717) is 5.69 Å². The molecule has 2 aromatic heterocycles. The molecule has 0 saturated heterocycles. The highest BCUT2D eigenvalue weighted by molar-refractivity contribution is 5.74. The molecule has 0 bridgehead atoms. The summed E-state index contributed by atoms with van der Waals surface area (Å²) in [7, 11) is 0. The molecule has 2 heterocycles. The maximum Gasteiger partial charge on any atom is 0.170 e. The van der Waals surface area contributed by atoms with Gasteiger partial charge in [0.2, 0.25) is 0 Å². The molecule has 1 aliphatic carbocycles. The van der Waals surface area contributed by atoms with Crippen LogP contribution in [0, 0.1) is 5.82 Å². The first-order valence-corrected chi connectivity index (χ1v) is 7.21. The summed E-state index contributed by atoms with van der Waals surface area (Å²) < 4.78 is 14.8. The van der Waals surface area contributed by atoms with E-state index in [2.05, 4.69) is 17.0 Å². The lowest BCUT2D eigenvalue weighted by molar-refractivity contribution is 0.111. The van der Waals surface area contributed by atoms with Crippen LogP contribution in [0.5, 0.6) is 0 Å². The Bertz CT molecular complexity index is 879. The summed E-state index contributed by atoms with van der Waals surface area (Å²) in [5.74, 6) is -0.273. The van der Waals surface area contributed by atoms with E-state index < -0.39 is 0 Å². The lowest BCUT2D eigenvalue weighted by Crippen LogP contribution is -2.06. The second-order valence-electron chi connectivity index (χ2n) is 6.06. The highest BCUT2D eigenvalue weighted by Gasteiger charge is 2.41. The van der Waals surface area contributed by atoms with Gasteiger partial charge in [0.25, 0.3) is 0 Å². The Morgan fingerprint density at radius 2 is 2.00 bits per heavy atom. The Kier molecular flexibility index (Phi) is 2.66. The van der Waals surface area contributed by atoms with Crippen LogP contribution in [0.4, 0.5) is 4.39 Å². The van der Waals surface area contributed by atoms with Crippen molar-refractivity contribution in [2.24, 2.45) is 0 Å². The van der Waals surface area contributed by atoms with E-state index in [9.17, 15) is 9.18 Å². The molecule has 0 radical (unpaired) electrons. The van der Waals surface area contributed by atoms with Gasteiger partial charge in [0.15, 0.2) is 11.9 Å². The van der Waals surface area contributed by atoms with Gasteiger partial charge in [0, 0.05) is 11.1 Å². The first kappa shape index (κ1) is 13.1. The second kappa shape index (κ2) is 4.47. The fourth-order valence-electron chi connectivity index (χ4n) is 2.71. The zero-order chi connectivity index (χ0) is 15.3. The number of aromatic nitrogens is 3. The molecule has 110 valence electrons. The third-order valence-corrected chi connectivity index (χ3v) is 4.35. The average molecular weight is 295 g/mol. The third kappa shape index (κ3) is 2.01. The summed E-state index contributed by atoms with van der Waals surface area (Å²) >= 11 is 0. The standard InChI is InChI=1S/C17H14FN3O/c1-17(6-7-17)14-8-15(11-2-4-12(18)5-3-11)20-21-9-13(10-22)19-16(14)21/h2-5,8-10H,6-7H2,1H3. The Morgan fingerprint density at radius 1 is 1.27 bits per heavy atom. The van der Waals surface area contributed by atoms with Crippen LogP contribution in [-0.2, 0) is 5.41 Å². The number of nitrogens with zero attached hydrogens (tertiary/aromatic N) is 3. The fraction of sp³-hybridized carbons (Fsp3) is 0.235. The molecule has 22 heavy (non-hydrogen) atoms. The van der Waals surface area contributed by atoms with Gasteiger partial charge >= 0.3 is 0 Å². The van der Waals surface area contributed by atoms with Crippen LogP contribution in [0.3, 0.4) is 0 Å². The lowest BCUT2D eigenvalue weighted by atomic mass is 9.98. The number of carbonyl (C=O) groups is 1. The van der Waals surface area contributed by atoms with Crippen LogP contribution in [-0.4, -0.2) is 20.9 Å². The van der Waals surface area contributed by atoms with Crippen molar-refractivity contribution in [3.05, 3.63) is 53.6 Å². The molecular formula is C17H14FN3O. The van der Waals surface area contributed by atoms with E-state index >= 15 is 0 Å². The molecule has 5 heteroatoms. The molecule has 0 amide bonds. The van der Waals surface area contributed by atoms with Gasteiger partial charge in [-0.2, -0.15) is 5.10 Å². The summed E-state index contributed by atoms with van der Waals surface area (Å²) in [5.41, 5.74) is 3.88. The van der Waals surface area contributed by atoms with Crippen molar-refractivity contribution >= 4 is 11.9 Å². The Hall–Kier alpha value is -2.56. The summed E-state index contributed by atoms with van der Waals surface area (Å²) in [6, 6.07) is 8.27. The zero-order valence-corrected chi connectivity index (χ0v) is 12.1. The van der Waals surface area contributed by atoms with E-state index in [1.165, 1.54) is 12.1 Å². The van der Waals surface area contributed by atoms with E-state index in [1.54, 1.807) is 22.8 Å². The molecule has 0 spiro atoms. The minimum atomic E-state index is -0.273. The Labute approximate surface area is 126 Å². The molecule has 3 aromatic rings. The molecule has 1 saturated carbocycles. The first-order valence-electron chi connectivity index (χ1n) is 7.21. The van der Waals surface area contributed by atoms with Crippen LogP contribution in [0.15, 0.2) is 36.5 Å². The van der Waals surface area contributed by atoms with Crippen LogP contribution in [0.1, 0.15) is 35.8 Å². The average Bonchev–Trinajstić information content (AvgIpc) is 3.13. The second-order valence-corrected chi connectivity index (χ2v) is 6.06. The summed E-state index contributed by atoms with van der Waals surface area (Å²) in [5, 5.41) is 4.52. The first-order chi connectivity index (χ1) is 10.6. The number of hydrogen-bond donors (Lipinski definition) is 0. The minimum Gasteiger partial charge on any atom is -0.296 e. The lowest BCUT2D eigenvalue weighted by Gasteiger charge is -2.12. The van der Waals surface area contributed by atoms with Crippen LogP contribution in [0.2, 0.25) is 0 Å². The van der Waals surface area contributed by atoms with Crippen molar-refractivity contribution in [2.75, 3.05) is 0 Å². The largest absolute Gasteiger partial charge is 0.296 e. The molecule has 0 aliphatic heterocycles. The number of benzene rings is 1. The van der Waals surface area contributed by atoms with Crippen LogP contribution in [0.25, 0.3) is 16.9 Å². The molecule has 1 aliphatic rings. The number of rotatable bonds is 3. The molecule has 0 atom stereocenters. The Balaban J connectivity index is 1.96. The SMILES string of the molecule is CC1(c2cc(-c3ccc(F)cc3)nn3cc(C=O)nc23)CC1. The molecule has 4 rings (SSSR count). The molecule has 0 unspecified atom stereocenters. The van der Waals surface area contributed by atoms with Crippen LogP contribution >= 0.6 is 0 Å². The number of fused-ring (bicyclic) bond motifs is 1. The van der Waals surface area contributed by atoms with Crippen LogP contribution < -0.4 is 0 Å². The van der Waals surface area contributed by atoms with Gasteiger partial charge in [0.1, 0.15) is 11.5 Å². The maximum atomic E-state index is 13.1. The normalized spacial score (nSPS) is 15.9. The summed E-state index contributed by atoms with van der Waals surface area (Å²) in [6.07, 6.45) is 4.55. The van der Waals surface area contributed by atoms with Gasteiger partial charge in [-0.05, 0) is 48.6 Å². The van der Waals surface area contributed by atoms with Gasteiger partial charge in [-0.15, -0.1) is 0 Å². The van der Waals surface area contributed by atoms with Gasteiger partial charge in [0.05, 0.1) is 11.9 Å². The summed E-state index contributed by atoms with van der Waals surface area (Å²) in [6.45, 7) is 2.19. The van der Waals surface area contributed by atoms with Crippen molar-refractivity contribution in [1.82, 2.24) is 14.6 Å². The van der Waals surface area contributed by atoms with Crippen molar-refractivity contribution in [3.8, 4) is 11.3 Å². The van der Waals surface area contributed by atoms with Gasteiger partial charge < -0.3 is 0 Å². The van der Waals surface area contributed by atoms with Crippen molar-refractivity contribution in [3.63, 3.8) is 0 Å². The van der Waals surface area contributed by atoms with Gasteiger partial charge in [-0.1, -0.05) is 6.92 Å². The number of carbonyl (C=O) groups excluding carboxylic acids is 1. The highest BCUT2D eigenvalue weighted by atomic mass is 19.1. The Morgan fingerprint density at radius 3 is 2.64 bits per heavy atom. The van der Waals surface area contributed by atoms with Crippen molar-refractivity contribution < 1.29 is 9.18 Å². The minimum absolute atomic E-state index is 0.0878. The van der Waals surface area contributed by atoms with E-state index in [-0.39, 0.29) is 11.2 Å². The van der Waals surface area contributed by atoms with E-state index in [4.69, 9.17) is 0 Å². The number of halogens is 1. The van der Waals surface area contributed by atoms with E-state index in [0.717, 1.165) is 41.6 Å². The molecule has 0 N–H and O–H groups in total. The molecule has 4 nitrogen and oxygen atoms in total. The molecule has 1 fully saturated rings. The predicted octanol–water partition coefficient (Wildman–Crippen LogP) is 3.40. The molecule has 1 aromatic carbocycles. The van der Waals surface area contributed by atoms with Gasteiger partial charge in [-0.25, -0.2) is 13.9 Å². The van der Waals surface area contributed by atoms with E-state index in [1.807, 2.05) is 6.07 Å².